The first kappa shape index (κ1) is 24.4. The van der Waals surface area contributed by atoms with E-state index in [-0.39, 0.29) is 12.3 Å². The van der Waals surface area contributed by atoms with Crippen LogP contribution in [0.1, 0.15) is 12.0 Å². The molecule has 34 heavy (non-hydrogen) atoms. The number of anilines is 1. The standard InChI is InChI=1S/C24H21BCl3N5O/c1-32(23(34)12-15-7-8-19(27)20(28)11-15)10-4-9-29-22-13-21(16-5-2-3-6-18(16)26)31-24-17(25)14-30-33(22)24/h2-3,5-8,11,13-14,29H,4,9-10,12H2,1H3. The number of aromatic nitrogens is 3. The Bertz CT molecular complexity index is 1340. The van der Waals surface area contributed by atoms with Crippen LogP contribution >= 0.6 is 34.8 Å². The molecule has 6 nitrogen and oxygen atoms in total. The maximum absolute atomic E-state index is 12.6. The van der Waals surface area contributed by atoms with E-state index in [0.717, 1.165) is 23.4 Å². The number of hydrogen-bond acceptors (Lipinski definition) is 4. The Labute approximate surface area is 214 Å². The molecule has 0 fully saturated rings. The Morgan fingerprint density at radius 1 is 1.09 bits per heavy atom. The number of hydrogen-bond donors (Lipinski definition) is 1. The topological polar surface area (TPSA) is 62.5 Å². The fourth-order valence-corrected chi connectivity index (χ4v) is 4.08. The molecule has 172 valence electrons. The van der Waals surface area contributed by atoms with Gasteiger partial charge in [-0.05, 0) is 35.6 Å². The SMILES string of the molecule is [B]c1cnn2c(NCCCN(C)C(=O)Cc3ccc(Cl)c(Cl)c3)cc(-c3ccccc3Cl)nc12. The first-order valence-electron chi connectivity index (χ1n) is 10.6. The second kappa shape index (κ2) is 10.7. The highest BCUT2D eigenvalue weighted by Crippen LogP contribution is 2.28. The Kier molecular flexibility index (Phi) is 7.66. The predicted octanol–water partition coefficient (Wildman–Crippen LogP) is 4.65. The van der Waals surface area contributed by atoms with E-state index >= 15 is 0 Å². The summed E-state index contributed by atoms with van der Waals surface area (Å²) in [5.41, 5.74) is 3.36. The molecule has 0 aliphatic carbocycles. The van der Waals surface area contributed by atoms with Gasteiger partial charge in [-0.1, -0.05) is 59.1 Å². The highest BCUT2D eigenvalue weighted by atomic mass is 35.5. The monoisotopic (exact) mass is 511 g/mol. The van der Waals surface area contributed by atoms with E-state index in [0.29, 0.717) is 45.0 Å². The minimum atomic E-state index is 0.00514. The van der Waals surface area contributed by atoms with E-state index in [1.54, 1.807) is 34.8 Å². The van der Waals surface area contributed by atoms with E-state index in [1.165, 1.54) is 0 Å². The second-order valence-electron chi connectivity index (χ2n) is 7.86. The average molecular weight is 513 g/mol. The molecule has 1 amide bonds. The van der Waals surface area contributed by atoms with Gasteiger partial charge in [0.25, 0.3) is 0 Å². The third-order valence-corrected chi connectivity index (χ3v) is 6.46. The highest BCUT2D eigenvalue weighted by Gasteiger charge is 2.13. The van der Waals surface area contributed by atoms with Crippen LogP contribution in [-0.4, -0.2) is 53.4 Å². The molecule has 0 saturated carbocycles. The Morgan fingerprint density at radius 3 is 2.65 bits per heavy atom. The molecule has 0 saturated heterocycles. The van der Waals surface area contributed by atoms with Crippen molar-refractivity contribution in [3.05, 3.63) is 75.4 Å². The summed E-state index contributed by atoms with van der Waals surface area (Å²) in [6.07, 6.45) is 2.56. The highest BCUT2D eigenvalue weighted by molar-refractivity contribution is 6.42. The van der Waals surface area contributed by atoms with Crippen molar-refractivity contribution in [2.45, 2.75) is 12.8 Å². The van der Waals surface area contributed by atoms with E-state index in [2.05, 4.69) is 15.4 Å². The van der Waals surface area contributed by atoms with Crippen molar-refractivity contribution in [1.29, 1.82) is 0 Å². The van der Waals surface area contributed by atoms with Crippen LogP contribution in [0.4, 0.5) is 5.82 Å². The van der Waals surface area contributed by atoms with Gasteiger partial charge in [-0.2, -0.15) is 9.61 Å². The van der Waals surface area contributed by atoms with Gasteiger partial charge < -0.3 is 10.2 Å². The van der Waals surface area contributed by atoms with Crippen LogP contribution in [0.5, 0.6) is 0 Å². The number of carbonyl (C=O) groups is 1. The number of nitrogens with one attached hydrogen (secondary N) is 1. The van der Waals surface area contributed by atoms with Gasteiger partial charge in [0.1, 0.15) is 13.7 Å². The van der Waals surface area contributed by atoms with Crippen molar-refractivity contribution in [2.24, 2.45) is 0 Å². The summed E-state index contributed by atoms with van der Waals surface area (Å²) in [5, 5.41) is 9.22. The maximum Gasteiger partial charge on any atom is 0.226 e. The average Bonchev–Trinajstić information content (AvgIpc) is 3.20. The lowest BCUT2D eigenvalue weighted by Gasteiger charge is -2.18. The van der Waals surface area contributed by atoms with E-state index < -0.39 is 0 Å². The van der Waals surface area contributed by atoms with Crippen molar-refractivity contribution >= 4 is 65.5 Å². The van der Waals surface area contributed by atoms with Crippen LogP contribution in [0.2, 0.25) is 15.1 Å². The number of halogens is 3. The minimum Gasteiger partial charge on any atom is -0.370 e. The molecule has 0 bridgehead atoms. The van der Waals surface area contributed by atoms with E-state index in [4.69, 9.17) is 42.6 Å². The molecular weight excluding hydrogens is 491 g/mol. The first-order chi connectivity index (χ1) is 16.3. The molecule has 0 unspecified atom stereocenters. The minimum absolute atomic E-state index is 0.00514. The zero-order valence-electron chi connectivity index (χ0n) is 18.4. The lowest BCUT2D eigenvalue weighted by atomic mass is 10.0. The molecule has 0 spiro atoms. The third-order valence-electron chi connectivity index (χ3n) is 5.39. The molecule has 0 aliphatic rings. The molecule has 2 aromatic carbocycles. The summed E-state index contributed by atoms with van der Waals surface area (Å²) in [4.78, 5) is 18.9. The van der Waals surface area contributed by atoms with Crippen LogP contribution in [-0.2, 0) is 11.2 Å². The zero-order chi connectivity index (χ0) is 24.2. The van der Waals surface area contributed by atoms with Crippen molar-refractivity contribution in [1.82, 2.24) is 19.5 Å². The molecule has 0 aliphatic heterocycles. The summed E-state index contributed by atoms with van der Waals surface area (Å²) >= 11 is 18.4. The molecule has 4 aromatic rings. The second-order valence-corrected chi connectivity index (χ2v) is 9.08. The summed E-state index contributed by atoms with van der Waals surface area (Å²) in [6, 6.07) is 14.6. The van der Waals surface area contributed by atoms with Crippen LogP contribution in [0.25, 0.3) is 16.9 Å². The fourth-order valence-electron chi connectivity index (χ4n) is 3.53. The number of benzene rings is 2. The van der Waals surface area contributed by atoms with Crippen molar-refractivity contribution in [3.8, 4) is 11.3 Å². The van der Waals surface area contributed by atoms with Gasteiger partial charge in [0.05, 0.1) is 22.2 Å². The molecular formula is C24H21BCl3N5O. The van der Waals surface area contributed by atoms with Gasteiger partial charge in [-0.25, -0.2) is 4.98 Å². The number of carbonyl (C=O) groups excluding carboxylic acids is 1. The Morgan fingerprint density at radius 2 is 1.88 bits per heavy atom. The molecule has 4 rings (SSSR count). The van der Waals surface area contributed by atoms with Gasteiger partial charge in [0.15, 0.2) is 5.65 Å². The smallest absolute Gasteiger partial charge is 0.226 e. The lowest BCUT2D eigenvalue weighted by Crippen LogP contribution is -2.30. The van der Waals surface area contributed by atoms with Gasteiger partial charge in [0, 0.05) is 43.0 Å². The number of nitrogens with zero attached hydrogens (tertiary/aromatic N) is 4. The normalized spacial score (nSPS) is 11.1. The van der Waals surface area contributed by atoms with Crippen LogP contribution < -0.4 is 10.8 Å². The lowest BCUT2D eigenvalue weighted by molar-refractivity contribution is -0.129. The van der Waals surface area contributed by atoms with E-state index in [9.17, 15) is 4.79 Å². The Balaban J connectivity index is 1.40. The molecule has 1 N–H and O–H groups in total. The van der Waals surface area contributed by atoms with Crippen LogP contribution in [0.3, 0.4) is 0 Å². The summed E-state index contributed by atoms with van der Waals surface area (Å²) < 4.78 is 1.66. The van der Waals surface area contributed by atoms with Crippen LogP contribution in [0.15, 0.2) is 54.7 Å². The molecule has 2 aromatic heterocycles. The summed E-state index contributed by atoms with van der Waals surface area (Å²) in [6.45, 7) is 1.20. The van der Waals surface area contributed by atoms with E-state index in [1.807, 2.05) is 36.4 Å². The largest absolute Gasteiger partial charge is 0.370 e. The van der Waals surface area contributed by atoms with Crippen LogP contribution in [0, 0.1) is 0 Å². The number of amides is 1. The van der Waals surface area contributed by atoms with Crippen molar-refractivity contribution in [2.75, 3.05) is 25.5 Å². The predicted molar refractivity (Wildman–Crippen MR) is 140 cm³/mol. The van der Waals surface area contributed by atoms with Gasteiger partial charge in [-0.15, -0.1) is 0 Å². The molecule has 0 atom stereocenters. The molecule has 2 heterocycles. The Hall–Kier alpha value is -2.74. The quantitative estimate of drug-likeness (QED) is 0.276. The number of rotatable bonds is 8. The number of likely N-dealkylation sites (N-methyl/N-ethyl adjacent to an activating group) is 1. The van der Waals surface area contributed by atoms with Crippen molar-refractivity contribution < 1.29 is 4.79 Å². The van der Waals surface area contributed by atoms with Crippen molar-refractivity contribution in [3.63, 3.8) is 0 Å². The summed E-state index contributed by atoms with van der Waals surface area (Å²) in [5.74, 6) is 0.743. The van der Waals surface area contributed by atoms with Gasteiger partial charge in [-0.3, -0.25) is 4.79 Å². The van der Waals surface area contributed by atoms with Gasteiger partial charge in [0.2, 0.25) is 5.91 Å². The number of fused-ring (bicyclic) bond motifs is 1. The third kappa shape index (κ3) is 5.49. The van der Waals surface area contributed by atoms with Gasteiger partial charge >= 0.3 is 0 Å². The summed E-state index contributed by atoms with van der Waals surface area (Å²) in [7, 11) is 7.86. The fraction of sp³-hybridized carbons (Fsp3) is 0.208. The molecule has 10 heteroatoms. The first-order valence-corrected chi connectivity index (χ1v) is 11.8. The zero-order valence-corrected chi connectivity index (χ0v) is 20.7. The maximum atomic E-state index is 12.6. The molecule has 2 radical (unpaired) electrons.